The Hall–Kier alpha value is -0.0600. The quantitative estimate of drug-likeness (QED) is 0.787. The molecule has 5 heteroatoms. The monoisotopic (exact) mass is 350 g/mol. The maximum absolute atomic E-state index is 10.3. The predicted octanol–water partition coefficient (Wildman–Crippen LogP) is 5.21. The van der Waals surface area contributed by atoms with E-state index in [2.05, 4.69) is 15.9 Å². The van der Waals surface area contributed by atoms with Crippen LogP contribution in [0.15, 0.2) is 28.7 Å². The number of aliphatic hydroxyl groups is 1. The molecule has 0 spiro atoms. The molecule has 1 atom stereocenters. The zero-order valence-electron chi connectivity index (χ0n) is 8.88. The Labute approximate surface area is 122 Å². The Morgan fingerprint density at radius 3 is 2.35 bits per heavy atom. The summed E-state index contributed by atoms with van der Waals surface area (Å²) in [6.07, 6.45) is -0.786. The summed E-state index contributed by atoms with van der Waals surface area (Å²) in [6.45, 7) is 1.99. The lowest BCUT2D eigenvalue weighted by atomic mass is 10.1. The standard InChI is InChI=1S/C12H9BrCl2OS/c1-6-7(13)5-10(17-6)12(16)11-8(14)3-2-4-9(11)15/h2-5,12,16H,1H3. The fraction of sp³-hybridized carbons (Fsp3) is 0.167. The van der Waals surface area contributed by atoms with Crippen LogP contribution in [0.4, 0.5) is 0 Å². The van der Waals surface area contributed by atoms with E-state index in [1.54, 1.807) is 18.2 Å². The maximum atomic E-state index is 10.3. The summed E-state index contributed by atoms with van der Waals surface area (Å²) in [6, 6.07) is 7.10. The Morgan fingerprint density at radius 2 is 1.88 bits per heavy atom. The number of hydrogen-bond donors (Lipinski definition) is 1. The largest absolute Gasteiger partial charge is 0.383 e. The van der Waals surface area contributed by atoms with Crippen LogP contribution >= 0.6 is 50.5 Å². The molecule has 17 heavy (non-hydrogen) atoms. The van der Waals surface area contributed by atoms with Crippen molar-refractivity contribution in [3.05, 3.63) is 54.1 Å². The van der Waals surface area contributed by atoms with E-state index in [1.807, 2.05) is 13.0 Å². The molecule has 2 rings (SSSR count). The SMILES string of the molecule is Cc1sc(C(O)c2c(Cl)cccc2Cl)cc1Br. The van der Waals surface area contributed by atoms with E-state index in [0.717, 1.165) is 14.2 Å². The average molecular weight is 352 g/mol. The molecule has 1 nitrogen and oxygen atoms in total. The third kappa shape index (κ3) is 2.69. The molecule has 0 radical (unpaired) electrons. The molecule has 1 heterocycles. The van der Waals surface area contributed by atoms with Crippen molar-refractivity contribution in [2.45, 2.75) is 13.0 Å². The Morgan fingerprint density at radius 1 is 1.29 bits per heavy atom. The molecule has 0 saturated carbocycles. The van der Waals surface area contributed by atoms with Crippen molar-refractivity contribution in [1.82, 2.24) is 0 Å². The molecular formula is C12H9BrCl2OS. The van der Waals surface area contributed by atoms with E-state index in [9.17, 15) is 5.11 Å². The fourth-order valence-electron chi connectivity index (χ4n) is 1.53. The number of halogens is 3. The highest BCUT2D eigenvalue weighted by Gasteiger charge is 2.19. The third-order valence-corrected chi connectivity index (χ3v) is 5.27. The molecule has 1 aromatic carbocycles. The average Bonchev–Trinajstić information content (AvgIpc) is 2.59. The Bertz CT molecular complexity index is 514. The number of hydrogen-bond acceptors (Lipinski definition) is 2. The van der Waals surface area contributed by atoms with Crippen molar-refractivity contribution in [3.63, 3.8) is 0 Å². The van der Waals surface area contributed by atoms with Crippen molar-refractivity contribution < 1.29 is 5.11 Å². The molecule has 0 fully saturated rings. The second-order valence-electron chi connectivity index (χ2n) is 3.59. The van der Waals surface area contributed by atoms with Crippen molar-refractivity contribution in [2.24, 2.45) is 0 Å². The predicted molar refractivity (Wildman–Crippen MR) is 77.3 cm³/mol. The molecule has 0 bridgehead atoms. The second kappa shape index (κ2) is 5.29. The summed E-state index contributed by atoms with van der Waals surface area (Å²) in [7, 11) is 0. The van der Waals surface area contributed by atoms with Gasteiger partial charge in [-0.3, -0.25) is 0 Å². The highest BCUT2D eigenvalue weighted by Crippen LogP contribution is 2.38. The Balaban J connectivity index is 2.47. The van der Waals surface area contributed by atoms with Crippen LogP contribution in [0, 0.1) is 6.92 Å². The van der Waals surface area contributed by atoms with Crippen LogP contribution in [-0.2, 0) is 0 Å². The number of aryl methyl sites for hydroxylation is 1. The van der Waals surface area contributed by atoms with Gasteiger partial charge in [0.05, 0.1) is 0 Å². The molecule has 90 valence electrons. The summed E-state index contributed by atoms with van der Waals surface area (Å²) in [5, 5.41) is 11.3. The first-order valence-corrected chi connectivity index (χ1v) is 7.25. The number of benzene rings is 1. The molecule has 0 aliphatic rings. The van der Waals surface area contributed by atoms with Crippen molar-refractivity contribution >= 4 is 50.5 Å². The van der Waals surface area contributed by atoms with Crippen LogP contribution in [0.3, 0.4) is 0 Å². The van der Waals surface area contributed by atoms with Gasteiger partial charge in [-0.1, -0.05) is 29.3 Å². The van der Waals surface area contributed by atoms with Gasteiger partial charge in [-0.15, -0.1) is 11.3 Å². The fourth-order valence-corrected chi connectivity index (χ4v) is 3.69. The van der Waals surface area contributed by atoms with Crippen molar-refractivity contribution in [3.8, 4) is 0 Å². The van der Waals surface area contributed by atoms with E-state index >= 15 is 0 Å². The van der Waals surface area contributed by atoms with Gasteiger partial charge in [0, 0.05) is 29.8 Å². The topological polar surface area (TPSA) is 20.2 Å². The summed E-state index contributed by atoms with van der Waals surface area (Å²) in [4.78, 5) is 1.94. The lowest BCUT2D eigenvalue weighted by Crippen LogP contribution is -1.99. The first-order valence-electron chi connectivity index (χ1n) is 4.88. The van der Waals surface area contributed by atoms with Crippen LogP contribution in [0.5, 0.6) is 0 Å². The number of thiophene rings is 1. The highest BCUT2D eigenvalue weighted by molar-refractivity contribution is 9.10. The molecular weight excluding hydrogens is 343 g/mol. The summed E-state index contributed by atoms with van der Waals surface area (Å²) in [5.41, 5.74) is 0.560. The molecule has 1 aromatic heterocycles. The van der Waals surface area contributed by atoms with E-state index in [0.29, 0.717) is 15.6 Å². The molecule has 1 N–H and O–H groups in total. The Kier molecular flexibility index (Phi) is 4.16. The van der Waals surface area contributed by atoms with E-state index in [4.69, 9.17) is 23.2 Å². The number of aliphatic hydroxyl groups excluding tert-OH is 1. The molecule has 0 aliphatic heterocycles. The lowest BCUT2D eigenvalue weighted by molar-refractivity contribution is 0.224. The zero-order valence-corrected chi connectivity index (χ0v) is 12.8. The van der Waals surface area contributed by atoms with Gasteiger partial charge in [0.2, 0.25) is 0 Å². The van der Waals surface area contributed by atoms with Gasteiger partial charge in [-0.2, -0.15) is 0 Å². The molecule has 0 saturated heterocycles. The summed E-state index contributed by atoms with van der Waals surface area (Å²) >= 11 is 17.1. The lowest BCUT2D eigenvalue weighted by Gasteiger charge is -2.12. The van der Waals surface area contributed by atoms with Gasteiger partial charge in [0.1, 0.15) is 6.10 Å². The van der Waals surface area contributed by atoms with Gasteiger partial charge in [-0.25, -0.2) is 0 Å². The first kappa shape index (κ1) is 13.4. The number of rotatable bonds is 2. The van der Waals surface area contributed by atoms with Crippen LogP contribution < -0.4 is 0 Å². The van der Waals surface area contributed by atoms with E-state index < -0.39 is 6.10 Å². The molecule has 1 unspecified atom stereocenters. The van der Waals surface area contributed by atoms with Crippen LogP contribution in [0.1, 0.15) is 21.4 Å². The third-order valence-electron chi connectivity index (χ3n) is 2.42. The second-order valence-corrected chi connectivity index (χ2v) is 6.55. The minimum Gasteiger partial charge on any atom is -0.383 e. The maximum Gasteiger partial charge on any atom is 0.116 e. The minimum absolute atomic E-state index is 0.479. The molecule has 0 amide bonds. The molecule has 2 aromatic rings. The van der Waals surface area contributed by atoms with Crippen LogP contribution in [0.25, 0.3) is 0 Å². The van der Waals surface area contributed by atoms with Gasteiger partial charge in [0.15, 0.2) is 0 Å². The normalized spacial score (nSPS) is 12.8. The van der Waals surface area contributed by atoms with Gasteiger partial charge in [0.25, 0.3) is 0 Å². The van der Waals surface area contributed by atoms with E-state index in [1.165, 1.54) is 11.3 Å². The smallest absolute Gasteiger partial charge is 0.116 e. The van der Waals surface area contributed by atoms with Crippen LogP contribution in [0.2, 0.25) is 10.0 Å². The van der Waals surface area contributed by atoms with Crippen molar-refractivity contribution in [1.29, 1.82) is 0 Å². The first-order chi connectivity index (χ1) is 8.00. The minimum atomic E-state index is -0.786. The highest BCUT2D eigenvalue weighted by atomic mass is 79.9. The zero-order chi connectivity index (χ0) is 12.6. The van der Waals surface area contributed by atoms with Crippen molar-refractivity contribution in [2.75, 3.05) is 0 Å². The van der Waals surface area contributed by atoms with Gasteiger partial charge >= 0.3 is 0 Å². The molecule has 0 aliphatic carbocycles. The van der Waals surface area contributed by atoms with E-state index in [-0.39, 0.29) is 0 Å². The van der Waals surface area contributed by atoms with Gasteiger partial charge < -0.3 is 5.11 Å². The van der Waals surface area contributed by atoms with Gasteiger partial charge in [-0.05, 0) is 41.1 Å². The summed E-state index contributed by atoms with van der Waals surface area (Å²) in [5.74, 6) is 0. The van der Waals surface area contributed by atoms with Crippen LogP contribution in [-0.4, -0.2) is 5.11 Å². The summed E-state index contributed by atoms with van der Waals surface area (Å²) < 4.78 is 0.986.